The van der Waals surface area contributed by atoms with E-state index in [9.17, 15) is 4.79 Å². The average Bonchev–Trinajstić information content (AvgIpc) is 3.02. The summed E-state index contributed by atoms with van der Waals surface area (Å²) in [5.74, 6) is 0.119. The Morgan fingerprint density at radius 2 is 2.28 bits per heavy atom. The second kappa shape index (κ2) is 4.94. The highest BCUT2D eigenvalue weighted by molar-refractivity contribution is 9.10. The third-order valence-corrected chi connectivity index (χ3v) is 5.71. The van der Waals surface area contributed by atoms with E-state index in [-0.39, 0.29) is 16.7 Å². The van der Waals surface area contributed by atoms with Crippen molar-refractivity contribution in [3.8, 4) is 0 Å². The van der Waals surface area contributed by atoms with Gasteiger partial charge in [-0.2, -0.15) is 0 Å². The van der Waals surface area contributed by atoms with Crippen molar-refractivity contribution in [3.63, 3.8) is 0 Å². The standard InChI is InChI=1S/C13H19BrN2OS/c1-12(2,10-5-9(14)6-18-10)8-16-11(17)13(7-15)3-4-13/h5-6H,3-4,7-8,15H2,1-2H3,(H,16,17). The Hall–Kier alpha value is -0.390. The van der Waals surface area contributed by atoms with Crippen LogP contribution in [-0.4, -0.2) is 19.0 Å². The van der Waals surface area contributed by atoms with E-state index < -0.39 is 0 Å². The topological polar surface area (TPSA) is 55.1 Å². The van der Waals surface area contributed by atoms with Gasteiger partial charge in [-0.1, -0.05) is 13.8 Å². The molecule has 3 nitrogen and oxygen atoms in total. The summed E-state index contributed by atoms with van der Waals surface area (Å²) in [5, 5.41) is 5.13. The molecule has 1 saturated carbocycles. The van der Waals surface area contributed by atoms with E-state index >= 15 is 0 Å². The molecule has 1 aliphatic rings. The van der Waals surface area contributed by atoms with Gasteiger partial charge in [0, 0.05) is 33.2 Å². The van der Waals surface area contributed by atoms with Crippen molar-refractivity contribution < 1.29 is 4.79 Å². The number of thiophene rings is 1. The fraction of sp³-hybridized carbons (Fsp3) is 0.615. The molecule has 0 bridgehead atoms. The molecule has 3 N–H and O–H groups in total. The van der Waals surface area contributed by atoms with E-state index in [2.05, 4.69) is 46.5 Å². The number of nitrogens with two attached hydrogens (primary N) is 1. The summed E-state index contributed by atoms with van der Waals surface area (Å²) in [6.07, 6.45) is 1.86. The zero-order valence-corrected chi connectivity index (χ0v) is 13.2. The van der Waals surface area contributed by atoms with Crippen molar-refractivity contribution in [2.45, 2.75) is 32.1 Å². The van der Waals surface area contributed by atoms with Gasteiger partial charge < -0.3 is 11.1 Å². The van der Waals surface area contributed by atoms with Crippen LogP contribution < -0.4 is 11.1 Å². The van der Waals surface area contributed by atoms with Gasteiger partial charge in [-0.05, 0) is 34.8 Å². The quantitative estimate of drug-likeness (QED) is 0.871. The molecule has 0 spiro atoms. The molecule has 5 heteroatoms. The molecular weight excluding hydrogens is 312 g/mol. The Kier molecular flexibility index (Phi) is 3.85. The third-order valence-electron chi connectivity index (χ3n) is 3.65. The molecule has 0 unspecified atom stereocenters. The smallest absolute Gasteiger partial charge is 0.227 e. The monoisotopic (exact) mass is 330 g/mol. The Bertz CT molecular complexity index is 452. The maximum atomic E-state index is 12.0. The SMILES string of the molecule is CC(C)(CNC(=O)C1(CN)CC1)c1cc(Br)cs1. The predicted molar refractivity (Wildman–Crippen MR) is 78.8 cm³/mol. The second-order valence-electron chi connectivity index (χ2n) is 5.68. The summed E-state index contributed by atoms with van der Waals surface area (Å²) in [4.78, 5) is 13.3. The first-order valence-corrected chi connectivity index (χ1v) is 7.80. The normalized spacial score (nSPS) is 17.6. The van der Waals surface area contributed by atoms with Crippen LogP contribution in [0.15, 0.2) is 15.9 Å². The van der Waals surface area contributed by atoms with Crippen LogP contribution in [0.3, 0.4) is 0 Å². The summed E-state index contributed by atoms with van der Waals surface area (Å²) < 4.78 is 1.10. The van der Waals surface area contributed by atoms with Crippen molar-refractivity contribution in [1.29, 1.82) is 0 Å². The summed E-state index contributed by atoms with van der Waals surface area (Å²) in [5.41, 5.74) is 5.36. The minimum atomic E-state index is -0.258. The summed E-state index contributed by atoms with van der Waals surface area (Å²) in [7, 11) is 0. The molecule has 0 radical (unpaired) electrons. The Morgan fingerprint density at radius 3 is 2.72 bits per heavy atom. The first-order valence-electron chi connectivity index (χ1n) is 6.12. The number of carbonyl (C=O) groups excluding carboxylic acids is 1. The average molecular weight is 331 g/mol. The maximum Gasteiger partial charge on any atom is 0.227 e. The van der Waals surface area contributed by atoms with E-state index in [4.69, 9.17) is 5.73 Å². The highest BCUT2D eigenvalue weighted by atomic mass is 79.9. The number of hydrogen-bond acceptors (Lipinski definition) is 3. The molecular formula is C13H19BrN2OS. The number of amides is 1. The van der Waals surface area contributed by atoms with Gasteiger partial charge >= 0.3 is 0 Å². The summed E-state index contributed by atoms with van der Waals surface area (Å²) in [6, 6.07) is 2.12. The Labute approximate surface area is 120 Å². The minimum absolute atomic E-state index is 0.0446. The zero-order chi connectivity index (χ0) is 13.4. The molecule has 100 valence electrons. The van der Waals surface area contributed by atoms with Gasteiger partial charge in [0.1, 0.15) is 0 Å². The lowest BCUT2D eigenvalue weighted by atomic mass is 9.91. The highest BCUT2D eigenvalue weighted by Gasteiger charge is 2.48. The lowest BCUT2D eigenvalue weighted by molar-refractivity contribution is -0.126. The van der Waals surface area contributed by atoms with Crippen molar-refractivity contribution in [2.75, 3.05) is 13.1 Å². The molecule has 0 aromatic carbocycles. The number of hydrogen-bond donors (Lipinski definition) is 2. The minimum Gasteiger partial charge on any atom is -0.355 e. The molecule has 0 atom stereocenters. The van der Waals surface area contributed by atoms with E-state index in [0.717, 1.165) is 17.3 Å². The van der Waals surface area contributed by atoms with Gasteiger partial charge in [0.15, 0.2) is 0 Å². The van der Waals surface area contributed by atoms with Crippen molar-refractivity contribution >= 4 is 33.2 Å². The van der Waals surface area contributed by atoms with Crippen LogP contribution in [-0.2, 0) is 10.2 Å². The molecule has 1 amide bonds. The van der Waals surface area contributed by atoms with Gasteiger partial charge in [-0.3, -0.25) is 4.79 Å². The van der Waals surface area contributed by atoms with Crippen LogP contribution in [0, 0.1) is 5.41 Å². The van der Waals surface area contributed by atoms with Crippen LogP contribution in [0.2, 0.25) is 0 Å². The van der Waals surface area contributed by atoms with Crippen molar-refractivity contribution in [1.82, 2.24) is 5.32 Å². The van der Waals surface area contributed by atoms with E-state index in [1.54, 1.807) is 11.3 Å². The van der Waals surface area contributed by atoms with Gasteiger partial charge in [0.2, 0.25) is 5.91 Å². The van der Waals surface area contributed by atoms with Crippen LogP contribution in [0.5, 0.6) is 0 Å². The van der Waals surface area contributed by atoms with Crippen LogP contribution in [0.4, 0.5) is 0 Å². The second-order valence-corrected chi connectivity index (χ2v) is 7.51. The molecule has 1 fully saturated rings. The summed E-state index contributed by atoms with van der Waals surface area (Å²) in [6.45, 7) is 5.41. The third kappa shape index (κ3) is 2.78. The first-order chi connectivity index (χ1) is 8.39. The maximum absolute atomic E-state index is 12.0. The van der Waals surface area contributed by atoms with Gasteiger partial charge in [-0.25, -0.2) is 0 Å². The number of carbonyl (C=O) groups is 1. The molecule has 0 saturated heterocycles. The fourth-order valence-electron chi connectivity index (χ4n) is 1.92. The van der Waals surface area contributed by atoms with Crippen LogP contribution in [0.1, 0.15) is 31.6 Å². The largest absolute Gasteiger partial charge is 0.355 e. The number of nitrogens with one attached hydrogen (secondary N) is 1. The van der Waals surface area contributed by atoms with E-state index in [1.807, 2.05) is 0 Å². The predicted octanol–water partition coefficient (Wildman–Crippen LogP) is 2.64. The first kappa shape index (κ1) is 14.0. The fourth-order valence-corrected chi connectivity index (χ4v) is 3.47. The number of halogens is 1. The number of rotatable bonds is 5. The van der Waals surface area contributed by atoms with E-state index in [0.29, 0.717) is 13.1 Å². The highest BCUT2D eigenvalue weighted by Crippen LogP contribution is 2.44. The molecule has 0 aliphatic heterocycles. The summed E-state index contributed by atoms with van der Waals surface area (Å²) >= 11 is 5.18. The van der Waals surface area contributed by atoms with Gasteiger partial charge in [0.25, 0.3) is 0 Å². The molecule has 1 aromatic rings. The molecule has 1 heterocycles. The lowest BCUT2D eigenvalue weighted by Gasteiger charge is -2.25. The molecule has 18 heavy (non-hydrogen) atoms. The Morgan fingerprint density at radius 1 is 1.61 bits per heavy atom. The van der Waals surface area contributed by atoms with Crippen molar-refractivity contribution in [3.05, 3.63) is 20.8 Å². The molecule has 1 aliphatic carbocycles. The van der Waals surface area contributed by atoms with Gasteiger partial charge in [-0.15, -0.1) is 11.3 Å². The molecule has 1 aromatic heterocycles. The molecule has 2 rings (SSSR count). The zero-order valence-electron chi connectivity index (χ0n) is 10.8. The van der Waals surface area contributed by atoms with Gasteiger partial charge in [0.05, 0.1) is 5.41 Å². The van der Waals surface area contributed by atoms with E-state index in [1.165, 1.54) is 4.88 Å². The lowest BCUT2D eigenvalue weighted by Crippen LogP contribution is -2.42. The van der Waals surface area contributed by atoms with Crippen LogP contribution >= 0.6 is 27.3 Å². The van der Waals surface area contributed by atoms with Crippen molar-refractivity contribution in [2.24, 2.45) is 11.1 Å². The van der Waals surface area contributed by atoms with Crippen LogP contribution in [0.25, 0.3) is 0 Å². The Balaban J connectivity index is 1.95.